The molecular weight excluding hydrogens is 286 g/mol. The molecule has 1 heterocycles. The average Bonchev–Trinajstić information content (AvgIpc) is 2.54. The van der Waals surface area contributed by atoms with Gasteiger partial charge in [-0.25, -0.2) is 4.98 Å². The molecule has 114 valence electrons. The van der Waals surface area contributed by atoms with E-state index in [0.717, 1.165) is 29.3 Å². The first kappa shape index (κ1) is 16.1. The van der Waals surface area contributed by atoms with Crippen LogP contribution in [0.1, 0.15) is 43.8 Å². The molecule has 3 rings (SSSR count). The summed E-state index contributed by atoms with van der Waals surface area (Å²) in [6.45, 7) is 0. The SMILES string of the molecule is COc1cc(C(O)C2CCCCC2)c2ccccc2n1.Cl. The molecule has 1 unspecified atom stereocenters. The summed E-state index contributed by atoms with van der Waals surface area (Å²) in [7, 11) is 1.62. The van der Waals surface area contributed by atoms with E-state index in [1.165, 1.54) is 19.3 Å². The van der Waals surface area contributed by atoms with Crippen LogP contribution in [0.4, 0.5) is 0 Å². The van der Waals surface area contributed by atoms with E-state index in [1.807, 2.05) is 30.3 Å². The third kappa shape index (κ3) is 3.30. The number of aliphatic hydroxyl groups excluding tert-OH is 1. The monoisotopic (exact) mass is 307 g/mol. The predicted molar refractivity (Wildman–Crippen MR) is 87.1 cm³/mol. The van der Waals surface area contributed by atoms with Crippen molar-refractivity contribution in [3.63, 3.8) is 0 Å². The van der Waals surface area contributed by atoms with Gasteiger partial charge in [-0.05, 0) is 30.4 Å². The lowest BCUT2D eigenvalue weighted by atomic mass is 9.82. The molecule has 4 heteroatoms. The van der Waals surface area contributed by atoms with Gasteiger partial charge in [-0.2, -0.15) is 0 Å². The number of hydrogen-bond acceptors (Lipinski definition) is 3. The molecule has 1 aromatic heterocycles. The Morgan fingerprint density at radius 2 is 1.90 bits per heavy atom. The Hall–Kier alpha value is -1.32. The molecule has 0 aliphatic heterocycles. The number of para-hydroxylation sites is 1. The van der Waals surface area contributed by atoms with E-state index in [0.29, 0.717) is 11.8 Å². The Bertz CT molecular complexity index is 596. The van der Waals surface area contributed by atoms with Gasteiger partial charge in [-0.3, -0.25) is 0 Å². The highest BCUT2D eigenvalue weighted by molar-refractivity contribution is 5.85. The van der Waals surface area contributed by atoms with Crippen molar-refractivity contribution >= 4 is 23.3 Å². The molecule has 3 nitrogen and oxygen atoms in total. The van der Waals surface area contributed by atoms with Gasteiger partial charge in [0.2, 0.25) is 5.88 Å². The summed E-state index contributed by atoms with van der Waals surface area (Å²) in [6.07, 6.45) is 5.55. The van der Waals surface area contributed by atoms with Crippen LogP contribution >= 0.6 is 12.4 Å². The molecule has 0 spiro atoms. The highest BCUT2D eigenvalue weighted by Crippen LogP contribution is 2.37. The van der Waals surface area contributed by atoms with E-state index in [9.17, 15) is 5.11 Å². The zero-order valence-corrected chi connectivity index (χ0v) is 13.1. The van der Waals surface area contributed by atoms with Crippen molar-refractivity contribution in [1.82, 2.24) is 4.98 Å². The lowest BCUT2D eigenvalue weighted by molar-refractivity contribution is 0.0858. The maximum atomic E-state index is 10.8. The smallest absolute Gasteiger partial charge is 0.213 e. The average molecular weight is 308 g/mol. The molecule has 1 atom stereocenters. The van der Waals surface area contributed by atoms with Crippen LogP contribution in [0.2, 0.25) is 0 Å². The molecule has 1 aromatic carbocycles. The molecule has 0 radical (unpaired) electrons. The first-order valence-corrected chi connectivity index (χ1v) is 7.41. The fraction of sp³-hybridized carbons (Fsp3) is 0.471. The molecule has 1 saturated carbocycles. The number of methoxy groups -OCH3 is 1. The zero-order chi connectivity index (χ0) is 13.9. The van der Waals surface area contributed by atoms with Gasteiger partial charge in [0.15, 0.2) is 0 Å². The maximum absolute atomic E-state index is 10.8. The Kier molecular flexibility index (Phi) is 5.43. The van der Waals surface area contributed by atoms with E-state index < -0.39 is 6.10 Å². The van der Waals surface area contributed by atoms with Gasteiger partial charge in [-0.1, -0.05) is 37.5 Å². The van der Waals surface area contributed by atoms with Gasteiger partial charge in [0.1, 0.15) is 0 Å². The summed E-state index contributed by atoms with van der Waals surface area (Å²) in [5, 5.41) is 11.8. The second-order valence-corrected chi connectivity index (χ2v) is 5.61. The Labute approximate surface area is 131 Å². The number of fused-ring (bicyclic) bond motifs is 1. The molecule has 1 aliphatic rings. The fourth-order valence-corrected chi connectivity index (χ4v) is 3.23. The largest absolute Gasteiger partial charge is 0.481 e. The minimum absolute atomic E-state index is 0. The van der Waals surface area contributed by atoms with E-state index in [4.69, 9.17) is 4.74 Å². The molecule has 1 aliphatic carbocycles. The van der Waals surface area contributed by atoms with Gasteiger partial charge >= 0.3 is 0 Å². The lowest BCUT2D eigenvalue weighted by Crippen LogP contribution is -2.16. The maximum Gasteiger partial charge on any atom is 0.213 e. The number of hydrogen-bond donors (Lipinski definition) is 1. The van der Waals surface area contributed by atoms with Gasteiger partial charge in [0, 0.05) is 11.5 Å². The number of pyridine rings is 1. The van der Waals surface area contributed by atoms with Crippen LogP contribution in [0.3, 0.4) is 0 Å². The number of rotatable bonds is 3. The van der Waals surface area contributed by atoms with Crippen LogP contribution < -0.4 is 4.74 Å². The summed E-state index contributed by atoms with van der Waals surface area (Å²) in [4.78, 5) is 4.45. The van der Waals surface area contributed by atoms with Crippen molar-refractivity contribution in [2.75, 3.05) is 7.11 Å². The van der Waals surface area contributed by atoms with Crippen molar-refractivity contribution < 1.29 is 9.84 Å². The van der Waals surface area contributed by atoms with Crippen molar-refractivity contribution in [1.29, 1.82) is 0 Å². The minimum Gasteiger partial charge on any atom is -0.481 e. The molecule has 1 fully saturated rings. The first-order valence-electron chi connectivity index (χ1n) is 7.41. The van der Waals surface area contributed by atoms with Crippen LogP contribution in [-0.4, -0.2) is 17.2 Å². The topological polar surface area (TPSA) is 42.4 Å². The van der Waals surface area contributed by atoms with Crippen molar-refractivity contribution in [3.05, 3.63) is 35.9 Å². The van der Waals surface area contributed by atoms with Crippen molar-refractivity contribution in [3.8, 4) is 5.88 Å². The van der Waals surface area contributed by atoms with Crippen LogP contribution in [0, 0.1) is 5.92 Å². The zero-order valence-electron chi connectivity index (χ0n) is 12.3. The van der Waals surface area contributed by atoms with Crippen LogP contribution in [-0.2, 0) is 0 Å². The van der Waals surface area contributed by atoms with E-state index >= 15 is 0 Å². The van der Waals surface area contributed by atoms with Gasteiger partial charge in [0.25, 0.3) is 0 Å². The van der Waals surface area contributed by atoms with E-state index in [1.54, 1.807) is 7.11 Å². The molecule has 0 bridgehead atoms. The molecule has 1 N–H and O–H groups in total. The normalized spacial score (nSPS) is 17.2. The van der Waals surface area contributed by atoms with Gasteiger partial charge < -0.3 is 9.84 Å². The fourth-order valence-electron chi connectivity index (χ4n) is 3.23. The Balaban J connectivity index is 0.00000161. The standard InChI is InChI=1S/C17H21NO2.ClH/c1-20-16-11-14(13-9-5-6-10-15(13)18-16)17(19)12-7-3-2-4-8-12;/h5-6,9-12,17,19H,2-4,7-8H2,1H3;1H. The molecule has 2 aromatic rings. The van der Waals surface area contributed by atoms with Gasteiger partial charge in [0.05, 0.1) is 18.7 Å². The third-order valence-electron chi connectivity index (χ3n) is 4.35. The number of halogens is 1. The van der Waals surface area contributed by atoms with Gasteiger partial charge in [-0.15, -0.1) is 12.4 Å². The number of ether oxygens (including phenoxy) is 1. The number of benzene rings is 1. The van der Waals surface area contributed by atoms with Crippen LogP contribution in [0.15, 0.2) is 30.3 Å². The number of aromatic nitrogens is 1. The second-order valence-electron chi connectivity index (χ2n) is 5.61. The first-order chi connectivity index (χ1) is 9.79. The summed E-state index contributed by atoms with van der Waals surface area (Å²) in [5.41, 5.74) is 1.84. The van der Waals surface area contributed by atoms with E-state index in [2.05, 4.69) is 4.98 Å². The number of aliphatic hydroxyl groups is 1. The van der Waals surface area contributed by atoms with Crippen LogP contribution in [0.5, 0.6) is 5.88 Å². The summed E-state index contributed by atoms with van der Waals surface area (Å²) in [6, 6.07) is 9.85. The third-order valence-corrected chi connectivity index (χ3v) is 4.35. The summed E-state index contributed by atoms with van der Waals surface area (Å²) >= 11 is 0. The molecule has 0 amide bonds. The predicted octanol–water partition coefficient (Wildman–Crippen LogP) is 4.28. The number of nitrogens with zero attached hydrogens (tertiary/aromatic N) is 1. The highest BCUT2D eigenvalue weighted by Gasteiger charge is 2.25. The molecular formula is C17H22ClNO2. The Morgan fingerprint density at radius 3 is 2.62 bits per heavy atom. The summed E-state index contributed by atoms with van der Waals surface area (Å²) < 4.78 is 5.28. The lowest BCUT2D eigenvalue weighted by Gasteiger charge is -2.27. The molecule has 21 heavy (non-hydrogen) atoms. The minimum atomic E-state index is -0.419. The van der Waals surface area contributed by atoms with Crippen molar-refractivity contribution in [2.45, 2.75) is 38.2 Å². The summed E-state index contributed by atoms with van der Waals surface area (Å²) in [5.74, 6) is 0.938. The van der Waals surface area contributed by atoms with Crippen molar-refractivity contribution in [2.24, 2.45) is 5.92 Å². The highest BCUT2D eigenvalue weighted by atomic mass is 35.5. The van der Waals surface area contributed by atoms with Crippen LogP contribution in [0.25, 0.3) is 10.9 Å². The Morgan fingerprint density at radius 1 is 1.19 bits per heavy atom. The second kappa shape index (κ2) is 7.10. The quantitative estimate of drug-likeness (QED) is 0.920. The van der Waals surface area contributed by atoms with E-state index in [-0.39, 0.29) is 12.4 Å². The molecule has 0 saturated heterocycles.